The number of nitrogens with zero attached hydrogens (tertiary/aromatic N) is 1. The summed E-state index contributed by atoms with van der Waals surface area (Å²) in [7, 11) is 1.75. The van der Waals surface area contributed by atoms with Crippen molar-refractivity contribution in [3.8, 4) is 0 Å². The normalized spacial score (nSPS) is 21.6. The lowest BCUT2D eigenvalue weighted by Gasteiger charge is -2.05. The summed E-state index contributed by atoms with van der Waals surface area (Å²) in [6.07, 6.45) is 3.44. The minimum Gasteiger partial charge on any atom is -0.316 e. The van der Waals surface area contributed by atoms with Crippen LogP contribution in [0.15, 0.2) is 10.9 Å². The summed E-state index contributed by atoms with van der Waals surface area (Å²) >= 11 is 0. The van der Waals surface area contributed by atoms with Crippen LogP contribution < -0.4 is 10.9 Å². The van der Waals surface area contributed by atoms with Crippen molar-refractivity contribution in [3.05, 3.63) is 22.1 Å². The lowest BCUT2D eigenvalue weighted by Crippen LogP contribution is -2.10. The number of H-pyrrole nitrogens is 1. The second-order valence-electron chi connectivity index (χ2n) is 4.08. The van der Waals surface area contributed by atoms with Crippen molar-refractivity contribution in [1.82, 2.24) is 15.1 Å². The minimum atomic E-state index is 0.0598. The highest BCUT2D eigenvalue weighted by Gasteiger charge is 2.14. The molecule has 0 amide bonds. The van der Waals surface area contributed by atoms with E-state index in [1.54, 1.807) is 13.1 Å². The molecule has 0 saturated carbocycles. The number of hydrogen-bond donors (Lipinski definition) is 2. The van der Waals surface area contributed by atoms with Crippen LogP contribution in [0.1, 0.15) is 18.5 Å². The molecule has 4 nitrogen and oxygen atoms in total. The van der Waals surface area contributed by atoms with Crippen molar-refractivity contribution in [2.24, 2.45) is 13.0 Å². The molecule has 0 aliphatic carbocycles. The van der Waals surface area contributed by atoms with E-state index < -0.39 is 0 Å². The molecular weight excluding hydrogens is 178 g/mol. The number of rotatable bonds is 3. The van der Waals surface area contributed by atoms with Gasteiger partial charge < -0.3 is 5.32 Å². The molecule has 0 radical (unpaired) electrons. The van der Waals surface area contributed by atoms with E-state index in [0.717, 1.165) is 31.1 Å². The second-order valence-corrected chi connectivity index (χ2v) is 4.08. The van der Waals surface area contributed by atoms with Crippen molar-refractivity contribution < 1.29 is 0 Å². The van der Waals surface area contributed by atoms with Crippen LogP contribution in [0.2, 0.25) is 0 Å². The van der Waals surface area contributed by atoms with Gasteiger partial charge in [-0.05, 0) is 38.3 Å². The van der Waals surface area contributed by atoms with E-state index >= 15 is 0 Å². The summed E-state index contributed by atoms with van der Waals surface area (Å²) in [4.78, 5) is 11.2. The molecule has 14 heavy (non-hydrogen) atoms. The van der Waals surface area contributed by atoms with Gasteiger partial charge in [0.05, 0.1) is 0 Å². The third kappa shape index (κ3) is 2.07. The monoisotopic (exact) mass is 195 g/mol. The van der Waals surface area contributed by atoms with Crippen LogP contribution in [0.25, 0.3) is 0 Å². The third-order valence-electron chi connectivity index (χ3n) is 2.92. The molecule has 0 bridgehead atoms. The molecule has 1 saturated heterocycles. The zero-order chi connectivity index (χ0) is 9.97. The Bertz CT molecular complexity index is 346. The van der Waals surface area contributed by atoms with Gasteiger partial charge in [-0.25, -0.2) is 0 Å². The van der Waals surface area contributed by atoms with E-state index in [-0.39, 0.29) is 5.56 Å². The molecular formula is C10H17N3O. The van der Waals surface area contributed by atoms with Crippen LogP contribution >= 0.6 is 0 Å². The molecule has 1 aliphatic heterocycles. The van der Waals surface area contributed by atoms with Gasteiger partial charge in [0.1, 0.15) is 0 Å². The Morgan fingerprint density at radius 3 is 3.07 bits per heavy atom. The van der Waals surface area contributed by atoms with E-state index in [9.17, 15) is 4.79 Å². The Morgan fingerprint density at radius 1 is 1.64 bits per heavy atom. The fourth-order valence-electron chi connectivity index (χ4n) is 2.00. The minimum absolute atomic E-state index is 0.0598. The van der Waals surface area contributed by atoms with Crippen molar-refractivity contribution in [2.45, 2.75) is 19.3 Å². The second kappa shape index (κ2) is 4.00. The van der Waals surface area contributed by atoms with E-state index in [1.165, 1.54) is 17.5 Å². The number of aromatic nitrogens is 2. The number of hydrogen-bond acceptors (Lipinski definition) is 2. The van der Waals surface area contributed by atoms with Crippen LogP contribution in [0, 0.1) is 5.92 Å². The first-order chi connectivity index (χ1) is 6.75. The Balaban J connectivity index is 1.88. The molecule has 1 aromatic heterocycles. The first kappa shape index (κ1) is 9.52. The molecule has 1 atom stereocenters. The smallest absolute Gasteiger partial charge is 0.266 e. The SMILES string of the molecule is Cn1[nH]c(CCC2CCNC2)cc1=O. The maximum Gasteiger partial charge on any atom is 0.266 e. The molecule has 1 fully saturated rings. The summed E-state index contributed by atoms with van der Waals surface area (Å²) in [5.41, 5.74) is 1.12. The topological polar surface area (TPSA) is 49.8 Å². The zero-order valence-corrected chi connectivity index (χ0v) is 8.55. The maximum absolute atomic E-state index is 11.2. The van der Waals surface area contributed by atoms with Gasteiger partial charge in [-0.3, -0.25) is 14.6 Å². The molecule has 0 spiro atoms. The fourth-order valence-corrected chi connectivity index (χ4v) is 2.00. The summed E-state index contributed by atoms with van der Waals surface area (Å²) in [6.45, 7) is 2.28. The highest BCUT2D eigenvalue weighted by Crippen LogP contribution is 2.14. The summed E-state index contributed by atoms with van der Waals surface area (Å²) in [5.74, 6) is 0.790. The van der Waals surface area contributed by atoms with Crippen molar-refractivity contribution in [1.29, 1.82) is 0 Å². The molecule has 1 unspecified atom stereocenters. The highest BCUT2D eigenvalue weighted by molar-refractivity contribution is 4.99. The quantitative estimate of drug-likeness (QED) is 0.726. The first-order valence-corrected chi connectivity index (χ1v) is 5.21. The van der Waals surface area contributed by atoms with Crippen LogP contribution in [-0.2, 0) is 13.5 Å². The average molecular weight is 195 g/mol. The summed E-state index contributed by atoms with van der Waals surface area (Å²) in [5, 5.41) is 6.40. The predicted octanol–water partition coefficient (Wildman–Crippen LogP) is 0.255. The molecule has 2 N–H and O–H groups in total. The van der Waals surface area contributed by atoms with Crippen molar-refractivity contribution >= 4 is 0 Å². The Hall–Kier alpha value is -1.03. The average Bonchev–Trinajstić information content (AvgIpc) is 2.74. The maximum atomic E-state index is 11.2. The summed E-state index contributed by atoms with van der Waals surface area (Å²) < 4.78 is 1.53. The Morgan fingerprint density at radius 2 is 2.50 bits per heavy atom. The van der Waals surface area contributed by atoms with Crippen LogP contribution in [-0.4, -0.2) is 22.9 Å². The van der Waals surface area contributed by atoms with Gasteiger partial charge in [0.2, 0.25) is 0 Å². The largest absolute Gasteiger partial charge is 0.316 e. The molecule has 0 aromatic carbocycles. The van der Waals surface area contributed by atoms with Crippen LogP contribution in [0.3, 0.4) is 0 Å². The van der Waals surface area contributed by atoms with Crippen LogP contribution in [0.4, 0.5) is 0 Å². The van der Waals surface area contributed by atoms with Gasteiger partial charge in [0.25, 0.3) is 5.56 Å². The highest BCUT2D eigenvalue weighted by atomic mass is 16.1. The molecule has 1 aromatic rings. The van der Waals surface area contributed by atoms with Gasteiger partial charge in [-0.15, -0.1) is 0 Å². The molecule has 2 heterocycles. The molecule has 1 aliphatic rings. The van der Waals surface area contributed by atoms with Gasteiger partial charge in [-0.2, -0.15) is 0 Å². The van der Waals surface area contributed by atoms with Crippen molar-refractivity contribution in [2.75, 3.05) is 13.1 Å². The molecule has 78 valence electrons. The van der Waals surface area contributed by atoms with Gasteiger partial charge in [0, 0.05) is 18.8 Å². The standard InChI is InChI=1S/C10H17N3O/c1-13-10(14)6-9(12-13)3-2-8-4-5-11-7-8/h6,8,11-12H,2-5,7H2,1H3. The molecule has 4 heteroatoms. The first-order valence-electron chi connectivity index (χ1n) is 5.21. The van der Waals surface area contributed by atoms with E-state index in [0.29, 0.717) is 0 Å². The van der Waals surface area contributed by atoms with Crippen LogP contribution in [0.5, 0.6) is 0 Å². The van der Waals surface area contributed by atoms with E-state index in [1.807, 2.05) is 0 Å². The van der Waals surface area contributed by atoms with Gasteiger partial charge in [-0.1, -0.05) is 0 Å². The van der Waals surface area contributed by atoms with Gasteiger partial charge in [0.15, 0.2) is 0 Å². The van der Waals surface area contributed by atoms with E-state index in [2.05, 4.69) is 10.4 Å². The number of aromatic amines is 1. The third-order valence-corrected chi connectivity index (χ3v) is 2.92. The van der Waals surface area contributed by atoms with Gasteiger partial charge >= 0.3 is 0 Å². The number of aryl methyl sites for hydroxylation is 2. The lowest BCUT2D eigenvalue weighted by molar-refractivity contribution is 0.526. The molecule has 2 rings (SSSR count). The fraction of sp³-hybridized carbons (Fsp3) is 0.700. The van der Waals surface area contributed by atoms with E-state index in [4.69, 9.17) is 0 Å². The lowest BCUT2D eigenvalue weighted by atomic mass is 10.0. The predicted molar refractivity (Wildman–Crippen MR) is 55.3 cm³/mol. The Labute approximate surface area is 83.3 Å². The van der Waals surface area contributed by atoms with Crippen molar-refractivity contribution in [3.63, 3.8) is 0 Å². The number of nitrogens with one attached hydrogen (secondary N) is 2. The Kier molecular flexibility index (Phi) is 2.72. The summed E-state index contributed by atoms with van der Waals surface area (Å²) in [6, 6.07) is 1.70. The zero-order valence-electron chi connectivity index (χ0n) is 8.55.